The molecule has 0 spiro atoms. The molecule has 8 heteroatoms. The molecule has 0 aliphatic heterocycles. The van der Waals surface area contributed by atoms with E-state index in [0.717, 1.165) is 5.56 Å². The maximum atomic E-state index is 12.3. The quantitative estimate of drug-likeness (QED) is 0.523. The molecule has 148 valence electrons. The van der Waals surface area contributed by atoms with Gasteiger partial charge in [0.25, 0.3) is 5.91 Å². The van der Waals surface area contributed by atoms with Crippen LogP contribution in [0.5, 0.6) is 11.5 Å². The van der Waals surface area contributed by atoms with Crippen LogP contribution in [0.15, 0.2) is 47.6 Å². The van der Waals surface area contributed by atoms with Crippen molar-refractivity contribution in [3.63, 3.8) is 0 Å². The summed E-state index contributed by atoms with van der Waals surface area (Å²) in [6, 6.07) is 12.0. The summed E-state index contributed by atoms with van der Waals surface area (Å²) in [5.41, 5.74) is 4.17. The van der Waals surface area contributed by atoms with Crippen molar-refractivity contribution in [1.82, 2.24) is 10.7 Å². The molecule has 0 fully saturated rings. The summed E-state index contributed by atoms with van der Waals surface area (Å²) in [5.74, 6) is 0.352. The van der Waals surface area contributed by atoms with Crippen LogP contribution in [-0.4, -0.2) is 31.7 Å². The van der Waals surface area contributed by atoms with Crippen LogP contribution in [0.1, 0.15) is 29.3 Å². The summed E-state index contributed by atoms with van der Waals surface area (Å²) in [7, 11) is 3.00. The second-order valence-electron chi connectivity index (χ2n) is 5.97. The van der Waals surface area contributed by atoms with Crippen LogP contribution in [0.4, 0.5) is 0 Å². The lowest BCUT2D eigenvalue weighted by Crippen LogP contribution is -2.26. The molecule has 28 heavy (non-hydrogen) atoms. The Kier molecular flexibility index (Phi) is 7.83. The largest absolute Gasteiger partial charge is 0.497 e. The van der Waals surface area contributed by atoms with Crippen molar-refractivity contribution >= 4 is 29.1 Å². The number of hydrogen-bond acceptors (Lipinski definition) is 5. The highest BCUT2D eigenvalue weighted by atomic mass is 35.5. The van der Waals surface area contributed by atoms with Gasteiger partial charge in [0, 0.05) is 28.9 Å². The Balaban J connectivity index is 1.88. The predicted octanol–water partition coefficient (Wildman–Crippen LogP) is 3.17. The molecule has 0 saturated heterocycles. The average Bonchev–Trinajstić information content (AvgIpc) is 2.71. The maximum absolute atomic E-state index is 12.3. The van der Waals surface area contributed by atoms with Gasteiger partial charge in [-0.05, 0) is 36.8 Å². The van der Waals surface area contributed by atoms with Crippen molar-refractivity contribution < 1.29 is 19.1 Å². The first-order valence-corrected chi connectivity index (χ1v) is 8.86. The summed E-state index contributed by atoms with van der Waals surface area (Å²) in [6.07, 6.45) is 0.0648. The third-order valence-corrected chi connectivity index (χ3v) is 4.03. The molecule has 0 saturated carbocycles. The number of benzene rings is 2. The summed E-state index contributed by atoms with van der Waals surface area (Å²) in [6.45, 7) is 2.05. The first-order chi connectivity index (χ1) is 13.4. The Labute approximate surface area is 168 Å². The zero-order valence-corrected chi connectivity index (χ0v) is 16.7. The normalized spacial score (nSPS) is 10.9. The maximum Gasteiger partial charge on any atom is 0.271 e. The lowest BCUT2D eigenvalue weighted by atomic mass is 10.2. The molecule has 2 N–H and O–H groups in total. The lowest BCUT2D eigenvalue weighted by molar-refractivity contribution is -0.120. The molecular formula is C20H22ClN3O4. The minimum Gasteiger partial charge on any atom is -0.497 e. The van der Waals surface area contributed by atoms with Crippen LogP contribution in [0.3, 0.4) is 0 Å². The zero-order chi connectivity index (χ0) is 20.5. The van der Waals surface area contributed by atoms with Crippen LogP contribution in [0.2, 0.25) is 5.02 Å². The summed E-state index contributed by atoms with van der Waals surface area (Å²) >= 11 is 5.83. The lowest BCUT2D eigenvalue weighted by Gasteiger charge is -2.08. The molecule has 0 aliphatic carbocycles. The average molecular weight is 404 g/mol. The fourth-order valence-electron chi connectivity index (χ4n) is 2.29. The van der Waals surface area contributed by atoms with Crippen LogP contribution in [0, 0.1) is 0 Å². The van der Waals surface area contributed by atoms with Gasteiger partial charge in [-0.25, -0.2) is 5.43 Å². The van der Waals surface area contributed by atoms with Crippen molar-refractivity contribution in [2.24, 2.45) is 5.10 Å². The minimum atomic E-state index is -0.432. The minimum absolute atomic E-state index is 0.0648. The molecule has 0 aliphatic rings. The molecule has 0 aromatic heterocycles. The van der Waals surface area contributed by atoms with E-state index in [1.165, 1.54) is 14.2 Å². The van der Waals surface area contributed by atoms with E-state index in [0.29, 0.717) is 34.3 Å². The monoisotopic (exact) mass is 403 g/mol. The van der Waals surface area contributed by atoms with E-state index in [9.17, 15) is 9.59 Å². The second kappa shape index (κ2) is 10.3. The van der Waals surface area contributed by atoms with E-state index in [1.54, 1.807) is 37.3 Å². The molecule has 0 atom stereocenters. The first kappa shape index (κ1) is 21.2. The van der Waals surface area contributed by atoms with Crippen LogP contribution >= 0.6 is 11.6 Å². The van der Waals surface area contributed by atoms with Gasteiger partial charge >= 0.3 is 0 Å². The fourth-order valence-corrected chi connectivity index (χ4v) is 2.41. The number of rotatable bonds is 8. The van der Waals surface area contributed by atoms with Gasteiger partial charge in [0.1, 0.15) is 11.5 Å². The van der Waals surface area contributed by atoms with E-state index in [1.807, 2.05) is 12.1 Å². The topological polar surface area (TPSA) is 89.0 Å². The number of methoxy groups -OCH3 is 2. The molecule has 7 nitrogen and oxygen atoms in total. The van der Waals surface area contributed by atoms with Crippen molar-refractivity contribution in [3.05, 3.63) is 58.6 Å². The molecule has 0 radical (unpaired) electrons. The number of nitrogens with zero attached hydrogens (tertiary/aromatic N) is 1. The second-order valence-corrected chi connectivity index (χ2v) is 6.41. The Hall–Kier alpha value is -3.06. The number of hydrazone groups is 1. The van der Waals surface area contributed by atoms with E-state index in [2.05, 4.69) is 15.8 Å². The van der Waals surface area contributed by atoms with Crippen LogP contribution < -0.4 is 20.2 Å². The predicted molar refractivity (Wildman–Crippen MR) is 108 cm³/mol. The van der Waals surface area contributed by atoms with Gasteiger partial charge in [0.05, 0.1) is 20.6 Å². The number of carbonyl (C=O) groups excluding carboxylic acids is 2. The Morgan fingerprint density at radius 1 is 1.04 bits per heavy atom. The van der Waals surface area contributed by atoms with Crippen LogP contribution in [-0.2, 0) is 11.3 Å². The Morgan fingerprint density at radius 3 is 2.21 bits per heavy atom. The summed E-state index contributed by atoms with van der Waals surface area (Å²) in [5, 5.41) is 7.41. The summed E-state index contributed by atoms with van der Waals surface area (Å²) in [4.78, 5) is 24.3. The molecular weight excluding hydrogens is 382 g/mol. The number of hydrogen-bond donors (Lipinski definition) is 2. The van der Waals surface area contributed by atoms with Gasteiger partial charge in [-0.3, -0.25) is 9.59 Å². The van der Waals surface area contributed by atoms with E-state index >= 15 is 0 Å². The Bertz CT molecular complexity index is 844. The zero-order valence-electron chi connectivity index (χ0n) is 15.9. The van der Waals surface area contributed by atoms with Crippen molar-refractivity contribution in [1.29, 1.82) is 0 Å². The Morgan fingerprint density at radius 2 is 1.64 bits per heavy atom. The highest BCUT2D eigenvalue weighted by molar-refractivity contribution is 6.30. The van der Waals surface area contributed by atoms with E-state index in [4.69, 9.17) is 21.1 Å². The van der Waals surface area contributed by atoms with Gasteiger partial charge in [-0.1, -0.05) is 23.7 Å². The van der Waals surface area contributed by atoms with Gasteiger partial charge in [0.2, 0.25) is 5.91 Å². The smallest absolute Gasteiger partial charge is 0.271 e. The molecule has 0 heterocycles. The number of carbonyl (C=O) groups is 2. The van der Waals surface area contributed by atoms with E-state index < -0.39 is 5.91 Å². The standard InChI is InChI=1S/C20H22ClN3O4/c1-13(8-19(25)22-12-14-4-6-16(21)7-5-14)23-24-20(26)15-9-17(27-2)11-18(10-15)28-3/h4-7,9-11H,8,12H2,1-3H3,(H,22,25)(H,24,26). The number of amides is 2. The molecule has 2 rings (SSSR count). The van der Waals surface area contributed by atoms with Crippen molar-refractivity contribution in [2.45, 2.75) is 19.9 Å². The van der Waals surface area contributed by atoms with E-state index in [-0.39, 0.29) is 12.3 Å². The van der Waals surface area contributed by atoms with Gasteiger partial charge in [-0.15, -0.1) is 0 Å². The number of halogens is 1. The third kappa shape index (κ3) is 6.59. The highest BCUT2D eigenvalue weighted by Crippen LogP contribution is 2.22. The van der Waals surface area contributed by atoms with Gasteiger partial charge in [-0.2, -0.15) is 5.10 Å². The van der Waals surface area contributed by atoms with Crippen LogP contribution in [0.25, 0.3) is 0 Å². The fraction of sp³-hybridized carbons (Fsp3) is 0.250. The molecule has 0 bridgehead atoms. The van der Waals surface area contributed by atoms with Crippen molar-refractivity contribution in [3.8, 4) is 11.5 Å². The summed E-state index contributed by atoms with van der Waals surface area (Å²) < 4.78 is 10.3. The SMILES string of the molecule is COc1cc(OC)cc(C(=O)NN=C(C)CC(=O)NCc2ccc(Cl)cc2)c1. The molecule has 0 unspecified atom stereocenters. The number of ether oxygens (including phenoxy) is 2. The first-order valence-electron chi connectivity index (χ1n) is 8.49. The molecule has 2 aromatic rings. The highest BCUT2D eigenvalue weighted by Gasteiger charge is 2.10. The number of nitrogens with one attached hydrogen (secondary N) is 2. The molecule has 2 amide bonds. The van der Waals surface area contributed by atoms with Gasteiger partial charge in [0.15, 0.2) is 0 Å². The van der Waals surface area contributed by atoms with Gasteiger partial charge < -0.3 is 14.8 Å². The van der Waals surface area contributed by atoms with Crippen molar-refractivity contribution in [2.75, 3.05) is 14.2 Å². The third-order valence-electron chi connectivity index (χ3n) is 3.78. The molecule has 2 aromatic carbocycles.